The van der Waals surface area contributed by atoms with Crippen LogP contribution in [0.4, 0.5) is 10.1 Å². The summed E-state index contributed by atoms with van der Waals surface area (Å²) < 4.78 is 39.3. The van der Waals surface area contributed by atoms with E-state index in [4.69, 9.17) is 5.11 Å². The number of hydrogen-bond donors (Lipinski definition) is 2. The van der Waals surface area contributed by atoms with Gasteiger partial charge in [0.15, 0.2) is 0 Å². The van der Waals surface area contributed by atoms with E-state index in [9.17, 15) is 17.6 Å². The number of benzene rings is 2. The van der Waals surface area contributed by atoms with Gasteiger partial charge in [-0.05, 0) is 36.4 Å². The number of hydrogen-bond acceptors (Lipinski definition) is 3. The van der Waals surface area contributed by atoms with Crippen molar-refractivity contribution in [2.75, 3.05) is 4.72 Å². The van der Waals surface area contributed by atoms with Gasteiger partial charge in [-0.3, -0.25) is 4.72 Å². The molecule has 2 rings (SSSR count). The van der Waals surface area contributed by atoms with Crippen molar-refractivity contribution in [1.29, 1.82) is 0 Å². The summed E-state index contributed by atoms with van der Waals surface area (Å²) in [6.07, 6.45) is 0. The highest BCUT2D eigenvalue weighted by Gasteiger charge is 2.15. The van der Waals surface area contributed by atoms with Gasteiger partial charge in [-0.25, -0.2) is 17.6 Å². The molecule has 20 heavy (non-hydrogen) atoms. The van der Waals surface area contributed by atoms with Gasteiger partial charge in [0, 0.05) is 5.69 Å². The first-order chi connectivity index (χ1) is 9.38. The molecule has 104 valence electrons. The van der Waals surface area contributed by atoms with Gasteiger partial charge in [0.2, 0.25) is 0 Å². The van der Waals surface area contributed by atoms with Crippen LogP contribution < -0.4 is 4.72 Å². The smallest absolute Gasteiger partial charge is 0.335 e. The van der Waals surface area contributed by atoms with Crippen LogP contribution in [0.3, 0.4) is 0 Å². The molecule has 0 heterocycles. The fourth-order valence-corrected chi connectivity index (χ4v) is 2.64. The summed E-state index contributed by atoms with van der Waals surface area (Å²) >= 11 is 0. The molecule has 0 radical (unpaired) electrons. The first-order valence-corrected chi connectivity index (χ1v) is 6.98. The van der Waals surface area contributed by atoms with Gasteiger partial charge in [0.05, 0.1) is 10.5 Å². The second-order valence-corrected chi connectivity index (χ2v) is 5.63. The van der Waals surface area contributed by atoms with Crippen molar-refractivity contribution < 1.29 is 22.7 Å². The maximum atomic E-state index is 13.0. The normalized spacial score (nSPS) is 11.1. The van der Waals surface area contributed by atoms with E-state index in [1.165, 1.54) is 36.4 Å². The molecule has 0 bridgehead atoms. The number of anilines is 1. The highest BCUT2D eigenvalue weighted by molar-refractivity contribution is 7.92. The molecule has 0 spiro atoms. The van der Waals surface area contributed by atoms with E-state index in [2.05, 4.69) is 4.72 Å². The Labute approximate surface area is 114 Å². The number of carboxylic acid groups (broad SMARTS) is 1. The van der Waals surface area contributed by atoms with E-state index < -0.39 is 21.8 Å². The Morgan fingerprint density at radius 1 is 1.10 bits per heavy atom. The SMILES string of the molecule is O=C(O)c1cccc(NS(=O)(=O)c2cccc(F)c2)c1. The zero-order valence-corrected chi connectivity index (χ0v) is 10.9. The number of sulfonamides is 1. The molecule has 0 aliphatic rings. The lowest BCUT2D eigenvalue weighted by Gasteiger charge is -2.08. The Kier molecular flexibility index (Phi) is 3.71. The van der Waals surface area contributed by atoms with E-state index in [0.717, 1.165) is 12.1 Å². The quantitative estimate of drug-likeness (QED) is 0.906. The number of carbonyl (C=O) groups is 1. The molecule has 0 amide bonds. The number of halogens is 1. The lowest BCUT2D eigenvalue weighted by Crippen LogP contribution is -2.13. The summed E-state index contributed by atoms with van der Waals surface area (Å²) in [4.78, 5) is 10.6. The van der Waals surface area contributed by atoms with Gasteiger partial charge < -0.3 is 5.11 Å². The Balaban J connectivity index is 2.33. The van der Waals surface area contributed by atoms with Crippen LogP contribution in [0.5, 0.6) is 0 Å². The van der Waals surface area contributed by atoms with E-state index >= 15 is 0 Å². The Bertz CT molecular complexity index is 758. The summed E-state index contributed by atoms with van der Waals surface area (Å²) in [5.41, 5.74) is 0.0404. The minimum absolute atomic E-state index is 0.0514. The molecule has 5 nitrogen and oxygen atoms in total. The van der Waals surface area contributed by atoms with Gasteiger partial charge in [-0.2, -0.15) is 0 Å². The average molecular weight is 295 g/mol. The van der Waals surface area contributed by atoms with Gasteiger partial charge in [0.1, 0.15) is 5.82 Å². The maximum Gasteiger partial charge on any atom is 0.335 e. The summed E-state index contributed by atoms with van der Waals surface area (Å²) in [6.45, 7) is 0. The Morgan fingerprint density at radius 3 is 2.45 bits per heavy atom. The van der Waals surface area contributed by atoms with Crippen molar-refractivity contribution in [2.45, 2.75) is 4.90 Å². The highest BCUT2D eigenvalue weighted by Crippen LogP contribution is 2.17. The molecule has 0 saturated carbocycles. The average Bonchev–Trinajstić information content (AvgIpc) is 2.38. The summed E-state index contributed by atoms with van der Waals surface area (Å²) in [5, 5.41) is 8.83. The molecule has 0 aliphatic heterocycles. The molecule has 2 aromatic rings. The van der Waals surface area contributed by atoms with Crippen LogP contribution in [-0.4, -0.2) is 19.5 Å². The van der Waals surface area contributed by atoms with Crippen molar-refractivity contribution in [2.24, 2.45) is 0 Å². The summed E-state index contributed by atoms with van der Waals surface area (Å²) in [7, 11) is -3.96. The van der Waals surface area contributed by atoms with E-state index in [0.29, 0.717) is 0 Å². The highest BCUT2D eigenvalue weighted by atomic mass is 32.2. The summed E-state index contributed by atoms with van der Waals surface area (Å²) in [5.74, 6) is -1.84. The molecule has 2 N–H and O–H groups in total. The van der Waals surface area contributed by atoms with Crippen LogP contribution in [-0.2, 0) is 10.0 Å². The van der Waals surface area contributed by atoms with Gasteiger partial charge in [-0.15, -0.1) is 0 Å². The summed E-state index contributed by atoms with van der Waals surface area (Å²) in [6, 6.07) is 9.86. The predicted molar refractivity (Wildman–Crippen MR) is 70.6 cm³/mol. The molecule has 0 saturated heterocycles. The van der Waals surface area contributed by atoms with Crippen molar-refractivity contribution in [3.05, 3.63) is 59.9 Å². The second kappa shape index (κ2) is 5.30. The third-order valence-corrected chi connectivity index (χ3v) is 3.85. The molecule has 7 heteroatoms. The van der Waals surface area contributed by atoms with Gasteiger partial charge in [-0.1, -0.05) is 12.1 Å². The van der Waals surface area contributed by atoms with Crippen molar-refractivity contribution in [3.63, 3.8) is 0 Å². The van der Waals surface area contributed by atoms with Crippen LogP contribution in [0.2, 0.25) is 0 Å². The van der Waals surface area contributed by atoms with E-state index in [1.807, 2.05) is 0 Å². The van der Waals surface area contributed by atoms with Crippen molar-refractivity contribution in [1.82, 2.24) is 0 Å². The molecule has 2 aromatic carbocycles. The Morgan fingerprint density at radius 2 is 1.80 bits per heavy atom. The van der Waals surface area contributed by atoms with E-state index in [-0.39, 0.29) is 16.1 Å². The third-order valence-electron chi connectivity index (χ3n) is 2.47. The van der Waals surface area contributed by atoms with Crippen LogP contribution in [0.25, 0.3) is 0 Å². The lowest BCUT2D eigenvalue weighted by atomic mass is 10.2. The molecular formula is C13H10FNO4S. The number of nitrogens with one attached hydrogen (secondary N) is 1. The van der Waals surface area contributed by atoms with Gasteiger partial charge >= 0.3 is 5.97 Å². The molecule has 0 fully saturated rings. The number of aromatic carboxylic acids is 1. The first kappa shape index (κ1) is 14.0. The van der Waals surface area contributed by atoms with Crippen LogP contribution in [0, 0.1) is 5.82 Å². The fraction of sp³-hybridized carbons (Fsp3) is 0. The minimum Gasteiger partial charge on any atom is -0.478 e. The molecule has 0 aromatic heterocycles. The third kappa shape index (κ3) is 3.12. The van der Waals surface area contributed by atoms with Crippen LogP contribution >= 0.6 is 0 Å². The van der Waals surface area contributed by atoms with Gasteiger partial charge in [0.25, 0.3) is 10.0 Å². The number of rotatable bonds is 4. The first-order valence-electron chi connectivity index (χ1n) is 5.50. The lowest BCUT2D eigenvalue weighted by molar-refractivity contribution is 0.0697. The minimum atomic E-state index is -3.96. The van der Waals surface area contributed by atoms with Crippen molar-refractivity contribution in [3.8, 4) is 0 Å². The van der Waals surface area contributed by atoms with Crippen LogP contribution in [0.1, 0.15) is 10.4 Å². The number of carboxylic acids is 1. The Hall–Kier alpha value is -2.41. The van der Waals surface area contributed by atoms with Crippen molar-refractivity contribution >= 4 is 21.7 Å². The molecule has 0 aliphatic carbocycles. The zero-order valence-electron chi connectivity index (χ0n) is 10.1. The zero-order chi connectivity index (χ0) is 14.8. The largest absolute Gasteiger partial charge is 0.478 e. The topological polar surface area (TPSA) is 83.5 Å². The molecule has 0 unspecified atom stereocenters. The van der Waals surface area contributed by atoms with E-state index in [1.54, 1.807) is 0 Å². The molecular weight excluding hydrogens is 285 g/mol. The predicted octanol–water partition coefficient (Wildman–Crippen LogP) is 2.32. The monoisotopic (exact) mass is 295 g/mol. The maximum absolute atomic E-state index is 13.0. The van der Waals surface area contributed by atoms with Crippen LogP contribution in [0.15, 0.2) is 53.4 Å². The standard InChI is InChI=1S/C13H10FNO4S/c14-10-4-2-6-12(8-10)20(18,19)15-11-5-1-3-9(7-11)13(16)17/h1-8,15H,(H,16,17). The second-order valence-electron chi connectivity index (χ2n) is 3.95. The molecule has 0 atom stereocenters. The fourth-order valence-electron chi connectivity index (χ4n) is 1.56.